The van der Waals surface area contributed by atoms with Gasteiger partial charge in [0.05, 0.1) is 10.5 Å². The molecule has 1 aromatic carbocycles. The molecule has 0 radical (unpaired) electrons. The number of carbonyl (C=O) groups is 1. The van der Waals surface area contributed by atoms with E-state index in [2.05, 4.69) is 21.2 Å². The van der Waals surface area contributed by atoms with Crippen molar-refractivity contribution >= 4 is 21.8 Å². The molecule has 1 amide bonds. The largest absolute Gasteiger partial charge is 0.507 e. The van der Waals surface area contributed by atoms with Gasteiger partial charge in [-0.1, -0.05) is 19.4 Å². The van der Waals surface area contributed by atoms with Gasteiger partial charge in [-0.2, -0.15) is 0 Å². The number of rotatable bonds is 5. The number of benzene rings is 1. The van der Waals surface area contributed by atoms with Crippen LogP contribution in [0, 0.1) is 0 Å². The molecule has 0 fully saturated rings. The fourth-order valence-electron chi connectivity index (χ4n) is 1.42. The molecule has 5 heteroatoms. The highest BCUT2D eigenvalue weighted by atomic mass is 79.9. The average Bonchev–Trinajstić information content (AvgIpc) is 2.30. The van der Waals surface area contributed by atoms with E-state index in [0.717, 1.165) is 12.0 Å². The van der Waals surface area contributed by atoms with Crippen molar-refractivity contribution in [2.45, 2.75) is 32.4 Å². The van der Waals surface area contributed by atoms with Crippen molar-refractivity contribution < 1.29 is 9.90 Å². The molecule has 0 aliphatic carbocycles. The molecule has 1 aromatic rings. The molecule has 0 saturated heterocycles. The van der Waals surface area contributed by atoms with E-state index >= 15 is 0 Å². The Morgan fingerprint density at radius 3 is 2.88 bits per heavy atom. The van der Waals surface area contributed by atoms with Gasteiger partial charge in [-0.25, -0.2) is 0 Å². The van der Waals surface area contributed by atoms with E-state index in [4.69, 9.17) is 5.73 Å². The van der Waals surface area contributed by atoms with Gasteiger partial charge in [0.1, 0.15) is 5.75 Å². The average molecular weight is 301 g/mol. The fourth-order valence-corrected chi connectivity index (χ4v) is 1.85. The second kappa shape index (κ2) is 6.61. The number of halogens is 1. The van der Waals surface area contributed by atoms with Crippen molar-refractivity contribution in [3.8, 4) is 5.75 Å². The van der Waals surface area contributed by atoms with E-state index in [9.17, 15) is 9.90 Å². The minimum atomic E-state index is -0.444. The molecule has 0 heterocycles. The van der Waals surface area contributed by atoms with Crippen LogP contribution >= 0.6 is 15.9 Å². The first-order valence-corrected chi connectivity index (χ1v) is 6.34. The third-order valence-corrected chi connectivity index (χ3v) is 3.05. The van der Waals surface area contributed by atoms with Gasteiger partial charge >= 0.3 is 0 Å². The molecule has 94 valence electrons. The van der Waals surface area contributed by atoms with E-state index in [0.29, 0.717) is 17.4 Å². The van der Waals surface area contributed by atoms with Gasteiger partial charge in [0.2, 0.25) is 5.91 Å². The standard InChI is InChI=1S/C12H17BrN2O2/c1-2-3-10(14)12(17)15-7-8-4-5-11(16)9(13)6-8/h4-6,10,16H,2-3,7,14H2,1H3,(H,15,17). The predicted molar refractivity (Wildman–Crippen MR) is 70.5 cm³/mol. The summed E-state index contributed by atoms with van der Waals surface area (Å²) in [6.45, 7) is 2.40. The summed E-state index contributed by atoms with van der Waals surface area (Å²) in [6.07, 6.45) is 1.57. The Morgan fingerprint density at radius 2 is 2.29 bits per heavy atom. The van der Waals surface area contributed by atoms with Crippen LogP contribution in [-0.4, -0.2) is 17.1 Å². The summed E-state index contributed by atoms with van der Waals surface area (Å²) in [6, 6.07) is 4.66. The molecule has 0 saturated carbocycles. The van der Waals surface area contributed by atoms with Crippen LogP contribution in [0.25, 0.3) is 0 Å². The first kappa shape index (κ1) is 14.0. The number of nitrogens with two attached hydrogens (primary N) is 1. The molecule has 1 atom stereocenters. The highest BCUT2D eigenvalue weighted by molar-refractivity contribution is 9.10. The SMILES string of the molecule is CCCC(N)C(=O)NCc1ccc(O)c(Br)c1. The highest BCUT2D eigenvalue weighted by Gasteiger charge is 2.11. The highest BCUT2D eigenvalue weighted by Crippen LogP contribution is 2.24. The third kappa shape index (κ3) is 4.36. The minimum Gasteiger partial charge on any atom is -0.507 e. The second-order valence-corrected chi connectivity index (χ2v) is 4.75. The molecule has 1 rings (SSSR count). The van der Waals surface area contributed by atoms with Crippen LogP contribution < -0.4 is 11.1 Å². The Bertz CT molecular complexity index is 396. The topological polar surface area (TPSA) is 75.4 Å². The van der Waals surface area contributed by atoms with E-state index in [1.54, 1.807) is 18.2 Å². The molecule has 4 N–H and O–H groups in total. The van der Waals surface area contributed by atoms with Crippen LogP contribution in [0.1, 0.15) is 25.3 Å². The Labute approximate surface area is 109 Å². The van der Waals surface area contributed by atoms with Crippen molar-refractivity contribution in [1.82, 2.24) is 5.32 Å². The first-order valence-electron chi connectivity index (χ1n) is 5.55. The van der Waals surface area contributed by atoms with Crippen molar-refractivity contribution in [3.63, 3.8) is 0 Å². The van der Waals surface area contributed by atoms with Crippen LogP contribution in [0.5, 0.6) is 5.75 Å². The second-order valence-electron chi connectivity index (χ2n) is 3.90. The summed E-state index contributed by atoms with van der Waals surface area (Å²) >= 11 is 3.22. The van der Waals surface area contributed by atoms with Crippen LogP contribution in [0.3, 0.4) is 0 Å². The van der Waals surface area contributed by atoms with E-state index in [1.165, 1.54) is 0 Å². The van der Waals surface area contributed by atoms with Gasteiger partial charge in [-0.15, -0.1) is 0 Å². The lowest BCUT2D eigenvalue weighted by molar-refractivity contribution is -0.122. The Balaban J connectivity index is 2.50. The van der Waals surface area contributed by atoms with Crippen LogP contribution in [0.2, 0.25) is 0 Å². The fraction of sp³-hybridized carbons (Fsp3) is 0.417. The summed E-state index contributed by atoms with van der Waals surface area (Å²) < 4.78 is 0.613. The number of phenolic OH excluding ortho intramolecular Hbond substituents is 1. The maximum Gasteiger partial charge on any atom is 0.237 e. The molecule has 1 unspecified atom stereocenters. The molecule has 0 aromatic heterocycles. The van der Waals surface area contributed by atoms with Crippen LogP contribution in [-0.2, 0) is 11.3 Å². The molecule has 4 nitrogen and oxygen atoms in total. The van der Waals surface area contributed by atoms with Gasteiger partial charge in [0.15, 0.2) is 0 Å². The Hall–Kier alpha value is -1.07. The minimum absolute atomic E-state index is 0.143. The zero-order chi connectivity index (χ0) is 12.8. The first-order chi connectivity index (χ1) is 8.04. The van der Waals surface area contributed by atoms with E-state index < -0.39 is 6.04 Å². The maximum absolute atomic E-state index is 11.6. The molecular formula is C12H17BrN2O2. The lowest BCUT2D eigenvalue weighted by atomic mass is 10.1. The van der Waals surface area contributed by atoms with Crippen molar-refractivity contribution in [3.05, 3.63) is 28.2 Å². The van der Waals surface area contributed by atoms with Gasteiger partial charge in [-0.3, -0.25) is 4.79 Å². The summed E-state index contributed by atoms with van der Waals surface area (Å²) in [7, 11) is 0. The number of phenols is 1. The Kier molecular flexibility index (Phi) is 5.44. The smallest absolute Gasteiger partial charge is 0.237 e. The number of nitrogens with one attached hydrogen (secondary N) is 1. The van der Waals surface area contributed by atoms with Gasteiger partial charge in [-0.05, 0) is 40.0 Å². The molecule has 17 heavy (non-hydrogen) atoms. The van der Waals surface area contributed by atoms with Crippen LogP contribution in [0.4, 0.5) is 0 Å². The van der Waals surface area contributed by atoms with Crippen LogP contribution in [0.15, 0.2) is 22.7 Å². The number of hydrogen-bond donors (Lipinski definition) is 3. The number of carbonyl (C=O) groups excluding carboxylic acids is 1. The maximum atomic E-state index is 11.6. The molecular weight excluding hydrogens is 284 g/mol. The molecule has 0 bridgehead atoms. The molecule has 0 aliphatic heterocycles. The third-order valence-electron chi connectivity index (χ3n) is 2.42. The number of amides is 1. The van der Waals surface area contributed by atoms with Crippen molar-refractivity contribution in [2.75, 3.05) is 0 Å². The quantitative estimate of drug-likeness (QED) is 0.777. The molecule has 0 aliphatic rings. The summed E-state index contributed by atoms with van der Waals surface area (Å²) in [4.78, 5) is 11.6. The lowest BCUT2D eigenvalue weighted by Gasteiger charge is -2.11. The van der Waals surface area contributed by atoms with Gasteiger partial charge in [0.25, 0.3) is 0 Å². The number of aromatic hydroxyl groups is 1. The van der Waals surface area contributed by atoms with Crippen molar-refractivity contribution in [1.29, 1.82) is 0 Å². The van der Waals surface area contributed by atoms with E-state index in [1.807, 2.05) is 6.92 Å². The van der Waals surface area contributed by atoms with Crippen molar-refractivity contribution in [2.24, 2.45) is 5.73 Å². The zero-order valence-corrected chi connectivity index (χ0v) is 11.3. The zero-order valence-electron chi connectivity index (χ0n) is 9.74. The monoisotopic (exact) mass is 300 g/mol. The van der Waals surface area contributed by atoms with E-state index in [-0.39, 0.29) is 11.7 Å². The molecule has 0 spiro atoms. The summed E-state index contributed by atoms with van der Waals surface area (Å²) in [5, 5.41) is 12.1. The van der Waals surface area contributed by atoms with Gasteiger partial charge in [0, 0.05) is 6.54 Å². The lowest BCUT2D eigenvalue weighted by Crippen LogP contribution is -2.40. The summed E-state index contributed by atoms with van der Waals surface area (Å²) in [5.74, 6) is 0.0406. The summed E-state index contributed by atoms with van der Waals surface area (Å²) in [5.41, 5.74) is 6.59. The normalized spacial score (nSPS) is 12.2. The number of hydrogen-bond acceptors (Lipinski definition) is 3. The predicted octanol–water partition coefficient (Wildman–Crippen LogP) is 1.90. The Morgan fingerprint density at radius 1 is 1.59 bits per heavy atom. The van der Waals surface area contributed by atoms with Gasteiger partial charge < -0.3 is 16.2 Å².